The van der Waals surface area contributed by atoms with E-state index in [-0.39, 0.29) is 18.2 Å². The molecule has 1 aromatic carbocycles. The summed E-state index contributed by atoms with van der Waals surface area (Å²) in [6.45, 7) is 2.22. The van der Waals surface area contributed by atoms with Gasteiger partial charge >= 0.3 is 0 Å². The summed E-state index contributed by atoms with van der Waals surface area (Å²) in [5.74, 6) is -1.04. The first-order valence-corrected chi connectivity index (χ1v) is 10.8. The Morgan fingerprint density at radius 3 is 2.97 bits per heavy atom. The van der Waals surface area contributed by atoms with Gasteiger partial charge in [0.1, 0.15) is 5.75 Å². The second-order valence-corrected chi connectivity index (χ2v) is 7.54. The minimum atomic E-state index is -0.766. The smallest absolute Gasteiger partial charge is 0.255 e. The number of aromatic amines is 1. The molecule has 0 aliphatic carbocycles. The van der Waals surface area contributed by atoms with Gasteiger partial charge in [0, 0.05) is 37.0 Å². The van der Waals surface area contributed by atoms with Gasteiger partial charge in [0.2, 0.25) is 0 Å². The number of amides is 1. The van der Waals surface area contributed by atoms with Gasteiger partial charge in [-0.05, 0) is 31.2 Å². The predicted molar refractivity (Wildman–Crippen MR) is 121 cm³/mol. The number of aliphatic hydroxyl groups excluding tert-OH is 1. The summed E-state index contributed by atoms with van der Waals surface area (Å²) >= 11 is 0. The Hall–Kier alpha value is -3.63. The first-order valence-electron chi connectivity index (χ1n) is 10.8. The topological polar surface area (TPSA) is 132 Å². The molecule has 3 aromatic rings. The van der Waals surface area contributed by atoms with Crippen LogP contribution < -0.4 is 20.7 Å². The number of nitrogens with zero attached hydrogens (tertiary/aromatic N) is 1. The minimum absolute atomic E-state index is 0.0787. The van der Waals surface area contributed by atoms with Gasteiger partial charge in [-0.1, -0.05) is 6.07 Å². The van der Waals surface area contributed by atoms with Crippen molar-refractivity contribution in [2.75, 3.05) is 38.2 Å². The Morgan fingerprint density at radius 2 is 2.12 bits per heavy atom. The highest BCUT2D eigenvalue weighted by Crippen LogP contribution is 2.41. The lowest BCUT2D eigenvalue weighted by Gasteiger charge is -2.16. The maximum absolute atomic E-state index is 13.9. The lowest BCUT2D eigenvalue weighted by molar-refractivity contribution is 0.0947. The normalized spacial score (nSPS) is 12.8. The molecule has 33 heavy (non-hydrogen) atoms. The van der Waals surface area contributed by atoms with E-state index in [0.717, 1.165) is 18.2 Å². The Morgan fingerprint density at radius 1 is 1.24 bits per heavy atom. The van der Waals surface area contributed by atoms with Crippen LogP contribution in [0.2, 0.25) is 0 Å². The number of nitrogens with one attached hydrogen (secondary N) is 4. The number of carbonyl (C=O) groups excluding carboxylic acids is 1. The summed E-state index contributed by atoms with van der Waals surface area (Å²) in [5.41, 5.74) is 2.97. The Balaban J connectivity index is 1.68. The van der Waals surface area contributed by atoms with E-state index in [1.807, 2.05) is 0 Å². The highest BCUT2D eigenvalue weighted by molar-refractivity contribution is 6.06. The number of rotatable bonds is 10. The number of aromatic nitrogens is 2. The third-order valence-corrected chi connectivity index (χ3v) is 5.31. The molecular weight excluding hydrogens is 429 g/mol. The number of hydrogen-bond donors (Lipinski definition) is 6. The number of hydrogen-bond acceptors (Lipinski definition) is 7. The van der Waals surface area contributed by atoms with Crippen LogP contribution in [-0.2, 0) is 6.42 Å². The van der Waals surface area contributed by atoms with Crippen LogP contribution in [0, 0.1) is 5.82 Å². The molecule has 4 rings (SSSR count). The summed E-state index contributed by atoms with van der Waals surface area (Å²) in [6.07, 6.45) is 4.54. The lowest BCUT2D eigenvalue weighted by atomic mass is 10.0. The summed E-state index contributed by atoms with van der Waals surface area (Å²) in [5, 5.41) is 28.0. The van der Waals surface area contributed by atoms with E-state index in [9.17, 15) is 14.3 Å². The van der Waals surface area contributed by atoms with E-state index < -0.39 is 11.6 Å². The van der Waals surface area contributed by atoms with Gasteiger partial charge in [-0.25, -0.2) is 4.39 Å². The van der Waals surface area contributed by atoms with Gasteiger partial charge in [-0.2, -0.15) is 0 Å². The van der Waals surface area contributed by atoms with Crippen molar-refractivity contribution in [3.63, 3.8) is 0 Å². The molecule has 6 N–H and O–H groups in total. The number of aliphatic hydroxyl groups is 1. The van der Waals surface area contributed by atoms with Gasteiger partial charge in [0.05, 0.1) is 42.0 Å². The lowest BCUT2D eigenvalue weighted by Crippen LogP contribution is -2.31. The number of aromatic hydroxyl groups is 1. The molecular formula is C23H26FN5O4. The summed E-state index contributed by atoms with van der Waals surface area (Å²) in [7, 11) is 0. The molecule has 0 unspecified atom stereocenters. The fourth-order valence-corrected chi connectivity index (χ4v) is 3.74. The first-order chi connectivity index (χ1) is 16.1. The molecule has 0 bridgehead atoms. The Labute approximate surface area is 190 Å². The van der Waals surface area contributed by atoms with E-state index in [1.54, 1.807) is 18.5 Å². The molecule has 2 aromatic heterocycles. The largest absolute Gasteiger partial charge is 0.503 e. The zero-order valence-electron chi connectivity index (χ0n) is 17.9. The van der Waals surface area contributed by atoms with Crippen LogP contribution in [0.1, 0.15) is 22.5 Å². The monoisotopic (exact) mass is 455 g/mol. The third-order valence-electron chi connectivity index (χ3n) is 5.31. The van der Waals surface area contributed by atoms with Crippen LogP contribution in [0.25, 0.3) is 11.3 Å². The van der Waals surface area contributed by atoms with E-state index in [2.05, 4.69) is 25.9 Å². The van der Waals surface area contributed by atoms with E-state index in [1.165, 1.54) is 12.1 Å². The average molecular weight is 455 g/mol. The summed E-state index contributed by atoms with van der Waals surface area (Å²) < 4.78 is 19.9. The number of halogens is 1. The average Bonchev–Trinajstić information content (AvgIpc) is 3.19. The number of para-hydroxylation sites is 1. The van der Waals surface area contributed by atoms with Gasteiger partial charge in [0.15, 0.2) is 11.6 Å². The molecule has 174 valence electrons. The molecule has 0 fully saturated rings. The molecule has 3 heterocycles. The van der Waals surface area contributed by atoms with Crippen molar-refractivity contribution in [3.8, 4) is 22.8 Å². The molecule has 10 heteroatoms. The number of fused-ring (bicyclic) bond motifs is 1. The molecule has 0 spiro atoms. The number of ether oxygens (including phenoxy) is 1. The van der Waals surface area contributed by atoms with Gasteiger partial charge in [-0.15, -0.1) is 0 Å². The van der Waals surface area contributed by atoms with Crippen LogP contribution in [0.5, 0.6) is 11.5 Å². The van der Waals surface area contributed by atoms with Crippen molar-refractivity contribution >= 4 is 17.3 Å². The molecule has 1 aliphatic rings. The van der Waals surface area contributed by atoms with Crippen molar-refractivity contribution in [3.05, 3.63) is 53.7 Å². The molecule has 1 amide bonds. The zero-order valence-corrected chi connectivity index (χ0v) is 17.9. The number of anilines is 2. The van der Waals surface area contributed by atoms with Crippen LogP contribution >= 0.6 is 0 Å². The van der Waals surface area contributed by atoms with E-state index in [4.69, 9.17) is 9.84 Å². The second kappa shape index (κ2) is 10.3. The standard InChI is InChI=1S/C23H26FN5O4/c24-15-3-1-4-17(22(15)31)29-21-19-16(6-9-27-23(19)32)28-20(21)14-5-8-26-13-18(14)33-12-2-7-25-10-11-30/h1,3-5,8,13,25,28-31H,2,6-7,9-12H2,(H,27,32). The maximum atomic E-state index is 13.9. The number of phenolic OH excluding ortho intramolecular Hbond substituents is 1. The first kappa shape index (κ1) is 22.6. The van der Waals surface area contributed by atoms with Crippen molar-refractivity contribution < 1.29 is 24.1 Å². The van der Waals surface area contributed by atoms with Gasteiger partial charge in [-0.3, -0.25) is 9.78 Å². The molecule has 9 nitrogen and oxygen atoms in total. The molecule has 0 radical (unpaired) electrons. The number of carbonyl (C=O) groups is 1. The fourth-order valence-electron chi connectivity index (χ4n) is 3.74. The van der Waals surface area contributed by atoms with Crippen LogP contribution in [0.4, 0.5) is 15.8 Å². The summed E-state index contributed by atoms with van der Waals surface area (Å²) in [4.78, 5) is 20.2. The summed E-state index contributed by atoms with van der Waals surface area (Å²) in [6, 6.07) is 5.93. The molecule has 0 saturated heterocycles. The number of pyridine rings is 1. The maximum Gasteiger partial charge on any atom is 0.255 e. The highest BCUT2D eigenvalue weighted by atomic mass is 19.1. The van der Waals surface area contributed by atoms with Crippen molar-refractivity contribution in [1.82, 2.24) is 20.6 Å². The molecule has 0 saturated carbocycles. The van der Waals surface area contributed by atoms with Crippen LogP contribution in [0.3, 0.4) is 0 Å². The third kappa shape index (κ3) is 4.91. The van der Waals surface area contributed by atoms with Crippen LogP contribution in [-0.4, -0.2) is 58.9 Å². The SMILES string of the molecule is O=C1NCCc2[nH]c(-c3ccncc3OCCCNCCO)c(Nc3cccc(F)c3O)c21. The van der Waals surface area contributed by atoms with Crippen molar-refractivity contribution in [2.24, 2.45) is 0 Å². The van der Waals surface area contributed by atoms with Crippen LogP contribution in [0.15, 0.2) is 36.7 Å². The Kier molecular flexibility index (Phi) is 7.06. The van der Waals surface area contributed by atoms with Crippen molar-refractivity contribution in [1.29, 1.82) is 0 Å². The second-order valence-electron chi connectivity index (χ2n) is 7.54. The number of H-pyrrole nitrogens is 1. The quantitative estimate of drug-likeness (QED) is 0.204. The molecule has 1 aliphatic heterocycles. The number of phenols is 1. The zero-order chi connectivity index (χ0) is 23.2. The molecule has 0 atom stereocenters. The van der Waals surface area contributed by atoms with Gasteiger partial charge < -0.3 is 35.9 Å². The fraction of sp³-hybridized carbons (Fsp3) is 0.304. The van der Waals surface area contributed by atoms with E-state index in [0.29, 0.717) is 60.9 Å². The van der Waals surface area contributed by atoms with Gasteiger partial charge in [0.25, 0.3) is 5.91 Å². The predicted octanol–water partition coefficient (Wildman–Crippen LogP) is 2.30. The highest BCUT2D eigenvalue weighted by Gasteiger charge is 2.28. The van der Waals surface area contributed by atoms with Crippen molar-refractivity contribution in [2.45, 2.75) is 12.8 Å². The Bertz CT molecular complexity index is 1130. The number of benzene rings is 1. The van der Waals surface area contributed by atoms with E-state index >= 15 is 0 Å². The minimum Gasteiger partial charge on any atom is -0.503 e.